The number of anilines is 1. The van der Waals surface area contributed by atoms with Crippen molar-refractivity contribution in [2.45, 2.75) is 6.92 Å². The second kappa shape index (κ2) is 6.26. The quantitative estimate of drug-likeness (QED) is 0.759. The number of thiazole rings is 1. The zero-order valence-electron chi connectivity index (χ0n) is 12.1. The number of halogens is 2. The van der Waals surface area contributed by atoms with Crippen molar-refractivity contribution >= 4 is 22.9 Å². The van der Waals surface area contributed by atoms with Crippen molar-refractivity contribution in [1.82, 2.24) is 4.98 Å². The molecule has 1 N–H and O–H groups in total. The molecule has 0 aliphatic rings. The van der Waals surface area contributed by atoms with Gasteiger partial charge in [0, 0.05) is 5.69 Å². The Labute approximate surface area is 135 Å². The third-order valence-electron chi connectivity index (χ3n) is 3.21. The highest BCUT2D eigenvalue weighted by molar-refractivity contribution is 7.17. The van der Waals surface area contributed by atoms with Crippen LogP contribution in [0.5, 0.6) is 0 Å². The maximum absolute atomic E-state index is 13.9. The molecule has 0 aliphatic carbocycles. The Morgan fingerprint density at radius 2 is 1.70 bits per heavy atom. The molecule has 1 aromatic heterocycles. The van der Waals surface area contributed by atoms with E-state index < -0.39 is 11.6 Å². The van der Waals surface area contributed by atoms with Gasteiger partial charge in [-0.05, 0) is 31.2 Å². The Morgan fingerprint density at radius 3 is 2.35 bits per heavy atom. The average Bonchev–Trinajstić information content (AvgIpc) is 2.90. The lowest BCUT2D eigenvalue weighted by atomic mass is 10.2. The Balaban J connectivity index is 1.94. The molecule has 1 amide bonds. The Morgan fingerprint density at radius 1 is 1.04 bits per heavy atom. The SMILES string of the molecule is Cc1nc(-c2c(F)cccc2F)sc1C(=O)Nc1ccccc1. The van der Waals surface area contributed by atoms with Crippen LogP contribution in [0.15, 0.2) is 48.5 Å². The normalized spacial score (nSPS) is 10.6. The van der Waals surface area contributed by atoms with Gasteiger partial charge in [-0.1, -0.05) is 24.3 Å². The van der Waals surface area contributed by atoms with Gasteiger partial charge in [0.1, 0.15) is 21.5 Å². The number of aromatic nitrogens is 1. The molecule has 1 heterocycles. The highest BCUT2D eigenvalue weighted by atomic mass is 32.1. The Kier molecular flexibility index (Phi) is 4.16. The number of hydrogen-bond acceptors (Lipinski definition) is 3. The summed E-state index contributed by atoms with van der Waals surface area (Å²) in [4.78, 5) is 16.8. The molecule has 0 atom stereocenters. The van der Waals surface area contributed by atoms with Gasteiger partial charge < -0.3 is 5.32 Å². The largest absolute Gasteiger partial charge is 0.321 e. The second-order valence-electron chi connectivity index (χ2n) is 4.85. The molecule has 2 aromatic carbocycles. The standard InChI is InChI=1S/C17H12F2N2OS/c1-10-15(16(22)21-11-6-3-2-4-7-11)23-17(20-10)14-12(18)8-5-9-13(14)19/h2-9H,1H3,(H,21,22). The number of para-hydroxylation sites is 1. The molecule has 23 heavy (non-hydrogen) atoms. The second-order valence-corrected chi connectivity index (χ2v) is 5.85. The molecule has 0 aliphatic heterocycles. The van der Waals surface area contributed by atoms with Crippen molar-refractivity contribution in [3.05, 3.63) is 70.7 Å². The van der Waals surface area contributed by atoms with E-state index in [0.717, 1.165) is 11.3 Å². The zero-order chi connectivity index (χ0) is 16.4. The van der Waals surface area contributed by atoms with Crippen molar-refractivity contribution in [3.63, 3.8) is 0 Å². The van der Waals surface area contributed by atoms with E-state index in [1.807, 2.05) is 6.07 Å². The van der Waals surface area contributed by atoms with Crippen molar-refractivity contribution < 1.29 is 13.6 Å². The number of aryl methyl sites for hydroxylation is 1. The Hall–Kier alpha value is -2.60. The molecule has 0 unspecified atom stereocenters. The number of carbonyl (C=O) groups excluding carboxylic acids is 1. The molecule has 3 rings (SSSR count). The lowest BCUT2D eigenvalue weighted by Gasteiger charge is -2.03. The summed E-state index contributed by atoms with van der Waals surface area (Å²) in [6, 6.07) is 12.6. The van der Waals surface area contributed by atoms with Gasteiger partial charge in [0.2, 0.25) is 0 Å². The van der Waals surface area contributed by atoms with Gasteiger partial charge in [-0.25, -0.2) is 13.8 Å². The third kappa shape index (κ3) is 3.12. The van der Waals surface area contributed by atoms with Crippen molar-refractivity contribution in [2.75, 3.05) is 5.32 Å². The van der Waals surface area contributed by atoms with E-state index in [0.29, 0.717) is 16.3 Å². The van der Waals surface area contributed by atoms with E-state index in [1.54, 1.807) is 31.2 Å². The lowest BCUT2D eigenvalue weighted by Crippen LogP contribution is -2.11. The number of benzene rings is 2. The smallest absolute Gasteiger partial charge is 0.267 e. The van der Waals surface area contributed by atoms with E-state index in [9.17, 15) is 13.6 Å². The van der Waals surface area contributed by atoms with Crippen LogP contribution in [0, 0.1) is 18.6 Å². The van der Waals surface area contributed by atoms with Crippen LogP contribution in [0.2, 0.25) is 0 Å². The van der Waals surface area contributed by atoms with Crippen LogP contribution in [0.3, 0.4) is 0 Å². The summed E-state index contributed by atoms with van der Waals surface area (Å²) in [5.74, 6) is -1.75. The van der Waals surface area contributed by atoms with Gasteiger partial charge in [0.15, 0.2) is 0 Å². The molecule has 116 valence electrons. The number of amides is 1. The minimum absolute atomic E-state index is 0.149. The van der Waals surface area contributed by atoms with Gasteiger partial charge in [0.25, 0.3) is 5.91 Å². The molecule has 0 saturated heterocycles. The van der Waals surface area contributed by atoms with Gasteiger partial charge >= 0.3 is 0 Å². The first-order valence-electron chi connectivity index (χ1n) is 6.84. The monoisotopic (exact) mass is 330 g/mol. The maximum atomic E-state index is 13.9. The van der Waals surface area contributed by atoms with Gasteiger partial charge in [-0.2, -0.15) is 0 Å². The number of nitrogens with zero attached hydrogens (tertiary/aromatic N) is 1. The van der Waals surface area contributed by atoms with Crippen LogP contribution in [-0.2, 0) is 0 Å². The van der Waals surface area contributed by atoms with E-state index >= 15 is 0 Å². The predicted octanol–water partition coefficient (Wildman–Crippen LogP) is 4.65. The summed E-state index contributed by atoms with van der Waals surface area (Å²) in [5.41, 5.74) is 0.865. The van der Waals surface area contributed by atoms with Gasteiger partial charge in [-0.3, -0.25) is 4.79 Å². The van der Waals surface area contributed by atoms with Crippen molar-refractivity contribution in [3.8, 4) is 10.6 Å². The summed E-state index contributed by atoms with van der Waals surface area (Å²) in [7, 11) is 0. The van der Waals surface area contributed by atoms with E-state index in [2.05, 4.69) is 10.3 Å². The molecule has 0 spiro atoms. The van der Waals surface area contributed by atoms with Crippen LogP contribution >= 0.6 is 11.3 Å². The van der Waals surface area contributed by atoms with Crippen LogP contribution in [-0.4, -0.2) is 10.9 Å². The number of carbonyl (C=O) groups is 1. The number of nitrogens with one attached hydrogen (secondary N) is 1. The third-order valence-corrected chi connectivity index (χ3v) is 4.38. The highest BCUT2D eigenvalue weighted by Crippen LogP contribution is 2.32. The fourth-order valence-electron chi connectivity index (χ4n) is 2.13. The molecule has 0 radical (unpaired) electrons. The number of rotatable bonds is 3. The first-order valence-corrected chi connectivity index (χ1v) is 7.66. The van der Waals surface area contributed by atoms with Gasteiger partial charge in [-0.15, -0.1) is 11.3 Å². The number of hydrogen-bond donors (Lipinski definition) is 1. The molecule has 3 nitrogen and oxygen atoms in total. The van der Waals surface area contributed by atoms with Gasteiger partial charge in [0.05, 0.1) is 11.3 Å². The average molecular weight is 330 g/mol. The van der Waals surface area contributed by atoms with Crippen LogP contribution < -0.4 is 5.32 Å². The van der Waals surface area contributed by atoms with E-state index in [4.69, 9.17) is 0 Å². The fraction of sp³-hybridized carbons (Fsp3) is 0.0588. The molecule has 0 bridgehead atoms. The van der Waals surface area contributed by atoms with Crippen LogP contribution in [0.4, 0.5) is 14.5 Å². The van der Waals surface area contributed by atoms with Crippen LogP contribution in [0.25, 0.3) is 10.6 Å². The fourth-order valence-corrected chi connectivity index (χ4v) is 3.14. The van der Waals surface area contributed by atoms with Crippen LogP contribution in [0.1, 0.15) is 15.4 Å². The summed E-state index contributed by atoms with van der Waals surface area (Å²) >= 11 is 0.965. The highest BCUT2D eigenvalue weighted by Gasteiger charge is 2.20. The summed E-state index contributed by atoms with van der Waals surface area (Å²) < 4.78 is 27.7. The topological polar surface area (TPSA) is 42.0 Å². The molecular formula is C17H12F2N2OS. The van der Waals surface area contributed by atoms with Crippen molar-refractivity contribution in [2.24, 2.45) is 0 Å². The molecule has 0 fully saturated rings. The molecular weight excluding hydrogens is 318 g/mol. The zero-order valence-corrected chi connectivity index (χ0v) is 13.0. The summed E-state index contributed by atoms with van der Waals surface area (Å²) in [6.45, 7) is 1.64. The van der Waals surface area contributed by atoms with Crippen molar-refractivity contribution in [1.29, 1.82) is 0 Å². The van der Waals surface area contributed by atoms with E-state index in [1.165, 1.54) is 18.2 Å². The minimum atomic E-state index is -0.700. The molecule has 0 saturated carbocycles. The predicted molar refractivity (Wildman–Crippen MR) is 86.6 cm³/mol. The summed E-state index contributed by atoms with van der Waals surface area (Å²) in [6.07, 6.45) is 0. The molecule has 6 heteroatoms. The maximum Gasteiger partial charge on any atom is 0.267 e. The van der Waals surface area contributed by atoms with E-state index in [-0.39, 0.29) is 16.5 Å². The Bertz CT molecular complexity index is 842. The minimum Gasteiger partial charge on any atom is -0.321 e. The first kappa shape index (κ1) is 15.3. The summed E-state index contributed by atoms with van der Waals surface area (Å²) in [5, 5.41) is 2.89. The lowest BCUT2D eigenvalue weighted by molar-refractivity contribution is 0.103. The first-order chi connectivity index (χ1) is 11.1. The molecule has 3 aromatic rings.